The van der Waals surface area contributed by atoms with Gasteiger partial charge in [-0.3, -0.25) is 14.5 Å². The average molecular weight is 384 g/mol. The van der Waals surface area contributed by atoms with E-state index < -0.39 is 5.97 Å². The number of methoxy groups -OCH3 is 1. The second-order valence-electron chi connectivity index (χ2n) is 6.36. The van der Waals surface area contributed by atoms with Crippen molar-refractivity contribution in [1.82, 2.24) is 0 Å². The van der Waals surface area contributed by atoms with Crippen molar-refractivity contribution in [3.8, 4) is 5.75 Å². The lowest BCUT2D eigenvalue weighted by Crippen LogP contribution is -2.37. The molecule has 0 saturated heterocycles. The van der Waals surface area contributed by atoms with Gasteiger partial charge in [0.1, 0.15) is 12.3 Å². The van der Waals surface area contributed by atoms with Crippen LogP contribution < -0.4 is 15.0 Å². The van der Waals surface area contributed by atoms with Crippen LogP contribution in [0.4, 0.5) is 11.4 Å². The predicted molar refractivity (Wildman–Crippen MR) is 107 cm³/mol. The number of nitrogens with one attached hydrogen (secondary N) is 1. The first kappa shape index (κ1) is 21.0. The van der Waals surface area contributed by atoms with Gasteiger partial charge in [0, 0.05) is 12.6 Å². The van der Waals surface area contributed by atoms with Crippen LogP contribution in [-0.4, -0.2) is 37.5 Å². The Labute approximate surface area is 164 Å². The number of anilines is 2. The Kier molecular flexibility index (Phi) is 7.14. The van der Waals surface area contributed by atoms with Gasteiger partial charge in [-0.25, -0.2) is 4.79 Å². The van der Waals surface area contributed by atoms with Crippen LogP contribution in [0.3, 0.4) is 0 Å². The molecular formula is C21H24N2O5. The first-order valence-electron chi connectivity index (χ1n) is 8.83. The molecule has 0 radical (unpaired) electrons. The minimum absolute atomic E-state index is 0.0721. The molecule has 28 heavy (non-hydrogen) atoms. The van der Waals surface area contributed by atoms with E-state index in [1.165, 1.54) is 18.9 Å². The normalized spacial score (nSPS) is 10.3. The molecule has 0 atom stereocenters. The number of nitrogens with zero attached hydrogens (tertiary/aromatic N) is 1. The molecule has 0 fully saturated rings. The molecule has 2 aromatic rings. The van der Waals surface area contributed by atoms with Gasteiger partial charge in [0.2, 0.25) is 11.8 Å². The summed E-state index contributed by atoms with van der Waals surface area (Å²) in [5.41, 5.74) is 1.42. The number of hydrogen-bond donors (Lipinski definition) is 1. The highest BCUT2D eigenvalue weighted by molar-refractivity contribution is 6.02. The summed E-state index contributed by atoms with van der Waals surface area (Å²) in [5, 5.41) is 2.72. The van der Waals surface area contributed by atoms with E-state index in [9.17, 15) is 14.4 Å². The molecule has 7 heteroatoms. The molecule has 0 aliphatic carbocycles. The second-order valence-corrected chi connectivity index (χ2v) is 6.36. The van der Waals surface area contributed by atoms with E-state index in [1.807, 2.05) is 19.9 Å². The zero-order valence-corrected chi connectivity index (χ0v) is 16.4. The molecule has 0 aliphatic heterocycles. The summed E-state index contributed by atoms with van der Waals surface area (Å²) >= 11 is 0. The summed E-state index contributed by atoms with van der Waals surface area (Å²) in [6.45, 7) is 5.00. The molecule has 0 aliphatic rings. The van der Waals surface area contributed by atoms with Crippen LogP contribution in [0, 0.1) is 0 Å². The lowest BCUT2D eigenvalue weighted by Gasteiger charge is -2.24. The van der Waals surface area contributed by atoms with Gasteiger partial charge in [-0.05, 0) is 50.2 Å². The fourth-order valence-corrected chi connectivity index (χ4v) is 2.55. The highest BCUT2D eigenvalue weighted by atomic mass is 16.5. The third-order valence-electron chi connectivity index (χ3n) is 3.79. The molecule has 2 aromatic carbocycles. The van der Waals surface area contributed by atoms with Gasteiger partial charge >= 0.3 is 5.97 Å². The van der Waals surface area contributed by atoms with E-state index in [1.54, 1.807) is 42.5 Å². The topological polar surface area (TPSA) is 84.9 Å². The van der Waals surface area contributed by atoms with Gasteiger partial charge in [-0.2, -0.15) is 0 Å². The summed E-state index contributed by atoms with van der Waals surface area (Å²) in [7, 11) is 1.30. The molecule has 1 N–H and O–H groups in total. The van der Waals surface area contributed by atoms with Gasteiger partial charge in [0.15, 0.2) is 0 Å². The van der Waals surface area contributed by atoms with Crippen LogP contribution in [0.25, 0.3) is 0 Å². The summed E-state index contributed by atoms with van der Waals surface area (Å²) in [6, 6.07) is 13.4. The van der Waals surface area contributed by atoms with E-state index in [4.69, 9.17) is 4.74 Å². The molecule has 0 unspecified atom stereocenters. The Morgan fingerprint density at radius 3 is 2.25 bits per heavy atom. The number of amides is 2. The first-order valence-corrected chi connectivity index (χ1v) is 8.83. The molecule has 0 bridgehead atoms. The van der Waals surface area contributed by atoms with Gasteiger partial charge < -0.3 is 14.8 Å². The smallest absolute Gasteiger partial charge is 0.337 e. The SMILES string of the molecule is COC(=O)c1ccc(NC(=O)CN(C(C)=O)c2ccccc2OC(C)C)cc1. The number of carbonyl (C=O) groups excluding carboxylic acids is 3. The predicted octanol–water partition coefficient (Wildman–Crippen LogP) is 3.25. The Hall–Kier alpha value is -3.35. The fourth-order valence-electron chi connectivity index (χ4n) is 2.55. The number of benzene rings is 2. The van der Waals surface area contributed by atoms with Crippen LogP contribution in [0.1, 0.15) is 31.1 Å². The highest BCUT2D eigenvalue weighted by Gasteiger charge is 2.20. The molecule has 148 valence electrons. The van der Waals surface area contributed by atoms with Gasteiger partial charge in [0.05, 0.1) is 24.5 Å². The maximum absolute atomic E-state index is 12.5. The summed E-state index contributed by atoms with van der Waals surface area (Å²) in [6.07, 6.45) is -0.0721. The van der Waals surface area contributed by atoms with Crippen molar-refractivity contribution in [3.05, 3.63) is 54.1 Å². The zero-order chi connectivity index (χ0) is 20.7. The average Bonchev–Trinajstić information content (AvgIpc) is 2.66. The molecule has 0 spiro atoms. The van der Waals surface area contributed by atoms with Crippen molar-refractivity contribution < 1.29 is 23.9 Å². The summed E-state index contributed by atoms with van der Waals surface area (Å²) in [4.78, 5) is 37.5. The quantitative estimate of drug-likeness (QED) is 0.741. The van der Waals surface area contributed by atoms with Crippen LogP contribution >= 0.6 is 0 Å². The minimum Gasteiger partial charge on any atom is -0.489 e. The molecule has 7 nitrogen and oxygen atoms in total. The van der Waals surface area contributed by atoms with E-state index >= 15 is 0 Å². The number of rotatable bonds is 7. The lowest BCUT2D eigenvalue weighted by molar-refractivity contribution is -0.120. The van der Waals surface area contributed by atoms with Gasteiger partial charge in [0.25, 0.3) is 0 Å². The Bertz CT molecular complexity index is 846. The van der Waals surface area contributed by atoms with Crippen LogP contribution in [0.15, 0.2) is 48.5 Å². The highest BCUT2D eigenvalue weighted by Crippen LogP contribution is 2.29. The van der Waals surface area contributed by atoms with Crippen LogP contribution in [0.5, 0.6) is 5.75 Å². The van der Waals surface area contributed by atoms with Gasteiger partial charge in [-0.1, -0.05) is 12.1 Å². The maximum atomic E-state index is 12.5. The minimum atomic E-state index is -0.456. The van der Waals surface area contributed by atoms with Crippen molar-refractivity contribution >= 4 is 29.2 Å². The van der Waals surface area contributed by atoms with E-state index in [2.05, 4.69) is 10.1 Å². The number of carbonyl (C=O) groups is 3. The Balaban J connectivity index is 2.14. The van der Waals surface area contributed by atoms with Crippen LogP contribution in [0.2, 0.25) is 0 Å². The lowest BCUT2D eigenvalue weighted by atomic mass is 10.2. The Morgan fingerprint density at radius 2 is 1.68 bits per heavy atom. The number of para-hydroxylation sites is 2. The van der Waals surface area contributed by atoms with Crippen molar-refractivity contribution in [3.63, 3.8) is 0 Å². The monoisotopic (exact) mass is 384 g/mol. The molecule has 0 heterocycles. The first-order chi connectivity index (χ1) is 13.3. The molecule has 0 aromatic heterocycles. The van der Waals surface area contributed by atoms with Crippen molar-refractivity contribution in [2.24, 2.45) is 0 Å². The Morgan fingerprint density at radius 1 is 1.04 bits per heavy atom. The van der Waals surface area contributed by atoms with Gasteiger partial charge in [-0.15, -0.1) is 0 Å². The number of esters is 1. The molecular weight excluding hydrogens is 360 g/mol. The summed E-state index contributed by atoms with van der Waals surface area (Å²) in [5.74, 6) is -0.582. The largest absolute Gasteiger partial charge is 0.489 e. The van der Waals surface area contributed by atoms with E-state index in [-0.39, 0.29) is 24.5 Å². The van der Waals surface area contributed by atoms with Crippen LogP contribution in [-0.2, 0) is 14.3 Å². The number of hydrogen-bond acceptors (Lipinski definition) is 5. The third-order valence-corrected chi connectivity index (χ3v) is 3.79. The van der Waals surface area contributed by atoms with E-state index in [0.29, 0.717) is 22.7 Å². The standard InChI is InChI=1S/C21H24N2O5/c1-14(2)28-19-8-6-5-7-18(19)23(15(3)24)13-20(25)22-17-11-9-16(10-12-17)21(26)27-4/h5-12,14H,13H2,1-4H3,(H,22,25). The number of ether oxygens (including phenoxy) is 2. The second kappa shape index (κ2) is 9.55. The third kappa shape index (κ3) is 5.57. The summed E-state index contributed by atoms with van der Waals surface area (Å²) < 4.78 is 10.4. The van der Waals surface area contributed by atoms with Crippen molar-refractivity contribution in [1.29, 1.82) is 0 Å². The zero-order valence-electron chi connectivity index (χ0n) is 16.4. The van der Waals surface area contributed by atoms with Crippen molar-refractivity contribution in [2.75, 3.05) is 23.9 Å². The van der Waals surface area contributed by atoms with E-state index in [0.717, 1.165) is 0 Å². The maximum Gasteiger partial charge on any atom is 0.337 e. The molecule has 0 saturated carbocycles. The molecule has 2 rings (SSSR count). The fraction of sp³-hybridized carbons (Fsp3) is 0.286. The molecule has 2 amide bonds. The van der Waals surface area contributed by atoms with Crippen molar-refractivity contribution in [2.45, 2.75) is 26.9 Å².